The van der Waals surface area contributed by atoms with Crippen LogP contribution in [0.5, 0.6) is 11.5 Å². The smallest absolute Gasteiger partial charge is 0.314 e. The van der Waals surface area contributed by atoms with Gasteiger partial charge in [0.15, 0.2) is 5.75 Å². The molecule has 3 aromatic rings. The minimum Gasteiger partial charge on any atom is -0.448 e. The van der Waals surface area contributed by atoms with Gasteiger partial charge in [-0.15, -0.1) is 11.3 Å². The van der Waals surface area contributed by atoms with Gasteiger partial charge in [-0.1, -0.05) is 12.1 Å². The van der Waals surface area contributed by atoms with Crippen molar-refractivity contribution in [1.82, 2.24) is 0 Å². The Kier molecular flexibility index (Phi) is 4.90. The number of para-hydroxylation sites is 1. The van der Waals surface area contributed by atoms with E-state index < -0.39 is 28.2 Å². The highest BCUT2D eigenvalue weighted by Gasteiger charge is 2.21. The zero-order chi connectivity index (χ0) is 18.7. The lowest BCUT2D eigenvalue weighted by Crippen LogP contribution is -2.12. The van der Waals surface area contributed by atoms with E-state index in [-0.39, 0.29) is 22.1 Å². The van der Waals surface area contributed by atoms with Crippen LogP contribution in [0.25, 0.3) is 0 Å². The number of nitro benzene ring substituents is 1. The summed E-state index contributed by atoms with van der Waals surface area (Å²) in [6.45, 7) is 0. The normalized spacial score (nSPS) is 10.4. The molecule has 0 bridgehead atoms. The number of ether oxygens (including phenoxy) is 1. The summed E-state index contributed by atoms with van der Waals surface area (Å²) < 4.78 is 32.3. The van der Waals surface area contributed by atoms with Crippen molar-refractivity contribution in [3.63, 3.8) is 0 Å². The Labute approximate surface area is 149 Å². The van der Waals surface area contributed by atoms with Crippen molar-refractivity contribution < 1.29 is 23.2 Å². The van der Waals surface area contributed by atoms with E-state index in [9.17, 15) is 23.7 Å². The number of amides is 1. The van der Waals surface area contributed by atoms with Crippen LogP contribution < -0.4 is 10.1 Å². The SMILES string of the molecule is O=C(Nc1ccccc1F)c1sccc1Oc1ccc(F)cc1[N+](=O)[O-]. The molecule has 0 aliphatic heterocycles. The van der Waals surface area contributed by atoms with Crippen LogP contribution in [-0.2, 0) is 0 Å². The van der Waals surface area contributed by atoms with Crippen molar-refractivity contribution >= 4 is 28.6 Å². The molecule has 0 radical (unpaired) electrons. The molecule has 3 rings (SSSR count). The molecule has 0 saturated carbocycles. The lowest BCUT2D eigenvalue weighted by molar-refractivity contribution is -0.385. The highest BCUT2D eigenvalue weighted by Crippen LogP contribution is 2.35. The number of hydrogen-bond acceptors (Lipinski definition) is 5. The fourth-order valence-electron chi connectivity index (χ4n) is 2.12. The summed E-state index contributed by atoms with van der Waals surface area (Å²) in [6.07, 6.45) is 0. The van der Waals surface area contributed by atoms with E-state index in [0.717, 1.165) is 29.5 Å². The summed E-state index contributed by atoms with van der Waals surface area (Å²) in [6, 6.07) is 9.91. The van der Waals surface area contributed by atoms with Gasteiger partial charge < -0.3 is 10.1 Å². The molecule has 6 nitrogen and oxygen atoms in total. The van der Waals surface area contributed by atoms with E-state index in [1.165, 1.54) is 24.3 Å². The Morgan fingerprint density at radius 3 is 2.62 bits per heavy atom. The lowest BCUT2D eigenvalue weighted by Gasteiger charge is -2.08. The average Bonchev–Trinajstić information content (AvgIpc) is 3.06. The van der Waals surface area contributed by atoms with Crippen LogP contribution in [0.2, 0.25) is 0 Å². The van der Waals surface area contributed by atoms with Crippen molar-refractivity contribution in [3.05, 3.63) is 80.5 Å². The summed E-state index contributed by atoms with van der Waals surface area (Å²) in [5.41, 5.74) is -0.582. The van der Waals surface area contributed by atoms with Gasteiger partial charge in [0.2, 0.25) is 5.75 Å². The van der Waals surface area contributed by atoms with Crippen LogP contribution in [0.3, 0.4) is 0 Å². The maximum Gasteiger partial charge on any atom is 0.314 e. The number of carbonyl (C=O) groups is 1. The number of carbonyl (C=O) groups excluding carboxylic acids is 1. The number of rotatable bonds is 5. The summed E-state index contributed by atoms with van der Waals surface area (Å²) >= 11 is 1.02. The van der Waals surface area contributed by atoms with Gasteiger partial charge in [0.1, 0.15) is 16.5 Å². The molecular formula is C17H10F2N2O4S. The van der Waals surface area contributed by atoms with Gasteiger partial charge >= 0.3 is 5.69 Å². The van der Waals surface area contributed by atoms with Gasteiger partial charge in [-0.25, -0.2) is 8.78 Å². The van der Waals surface area contributed by atoms with Crippen molar-refractivity contribution in [2.24, 2.45) is 0 Å². The van der Waals surface area contributed by atoms with Gasteiger partial charge in [0.05, 0.1) is 16.7 Å². The maximum absolute atomic E-state index is 13.7. The second-order valence-electron chi connectivity index (χ2n) is 5.02. The van der Waals surface area contributed by atoms with Crippen molar-refractivity contribution in [2.45, 2.75) is 0 Å². The van der Waals surface area contributed by atoms with Crippen molar-refractivity contribution in [1.29, 1.82) is 0 Å². The van der Waals surface area contributed by atoms with E-state index >= 15 is 0 Å². The maximum atomic E-state index is 13.7. The van der Waals surface area contributed by atoms with Crippen molar-refractivity contribution in [3.8, 4) is 11.5 Å². The predicted molar refractivity (Wildman–Crippen MR) is 91.8 cm³/mol. The van der Waals surface area contributed by atoms with Crippen LogP contribution >= 0.6 is 11.3 Å². The number of nitrogens with zero attached hydrogens (tertiary/aromatic N) is 1. The summed E-state index contributed by atoms with van der Waals surface area (Å²) in [5, 5.41) is 15.0. The molecule has 0 saturated heterocycles. The first-order chi connectivity index (χ1) is 12.5. The first kappa shape index (κ1) is 17.5. The molecule has 1 heterocycles. The number of hydrogen-bond donors (Lipinski definition) is 1. The molecule has 0 aliphatic carbocycles. The molecule has 1 amide bonds. The van der Waals surface area contributed by atoms with Crippen LogP contribution in [-0.4, -0.2) is 10.8 Å². The van der Waals surface area contributed by atoms with Gasteiger partial charge in [-0.3, -0.25) is 14.9 Å². The monoisotopic (exact) mass is 376 g/mol. The Hall–Kier alpha value is -3.33. The Morgan fingerprint density at radius 2 is 1.88 bits per heavy atom. The second-order valence-corrected chi connectivity index (χ2v) is 5.94. The van der Waals surface area contributed by atoms with Gasteiger partial charge in [-0.2, -0.15) is 0 Å². The molecule has 0 aliphatic rings. The number of benzene rings is 2. The number of halogens is 2. The zero-order valence-corrected chi connectivity index (χ0v) is 13.8. The van der Waals surface area contributed by atoms with E-state index in [1.807, 2.05) is 0 Å². The topological polar surface area (TPSA) is 81.5 Å². The quantitative estimate of drug-likeness (QED) is 0.503. The van der Waals surface area contributed by atoms with Crippen LogP contribution in [0.15, 0.2) is 53.9 Å². The number of nitro groups is 1. The number of anilines is 1. The number of thiophene rings is 1. The van der Waals surface area contributed by atoms with Gasteiger partial charge in [-0.05, 0) is 35.7 Å². The van der Waals surface area contributed by atoms with Crippen LogP contribution in [0.1, 0.15) is 9.67 Å². The number of nitrogens with one attached hydrogen (secondary N) is 1. The molecule has 0 atom stereocenters. The van der Waals surface area contributed by atoms with E-state index in [4.69, 9.17) is 4.74 Å². The molecule has 0 spiro atoms. The molecule has 0 fully saturated rings. The van der Waals surface area contributed by atoms with Gasteiger partial charge in [0, 0.05) is 0 Å². The Bertz CT molecular complexity index is 990. The van der Waals surface area contributed by atoms with Crippen LogP contribution in [0.4, 0.5) is 20.2 Å². The standard InChI is InChI=1S/C17H10F2N2O4S/c18-10-5-6-14(13(9-10)21(23)24)25-15-7-8-26-16(15)17(22)20-12-4-2-1-3-11(12)19/h1-9H,(H,20,22). The third kappa shape index (κ3) is 3.67. The Balaban J connectivity index is 1.87. The molecule has 1 N–H and O–H groups in total. The first-order valence-corrected chi connectivity index (χ1v) is 8.09. The molecular weight excluding hydrogens is 366 g/mol. The summed E-state index contributed by atoms with van der Waals surface area (Å²) in [7, 11) is 0. The van der Waals surface area contributed by atoms with Gasteiger partial charge in [0.25, 0.3) is 5.91 Å². The summed E-state index contributed by atoms with van der Waals surface area (Å²) in [4.78, 5) is 22.7. The third-order valence-corrected chi connectivity index (χ3v) is 4.19. The average molecular weight is 376 g/mol. The van der Waals surface area contributed by atoms with E-state index in [1.54, 1.807) is 11.4 Å². The van der Waals surface area contributed by atoms with Crippen LogP contribution in [0, 0.1) is 21.7 Å². The molecule has 132 valence electrons. The molecule has 0 unspecified atom stereocenters. The second kappa shape index (κ2) is 7.28. The summed E-state index contributed by atoms with van der Waals surface area (Å²) in [5.74, 6) is -2.20. The largest absolute Gasteiger partial charge is 0.448 e. The zero-order valence-electron chi connectivity index (χ0n) is 12.9. The molecule has 26 heavy (non-hydrogen) atoms. The predicted octanol–water partition coefficient (Wildman–Crippen LogP) is 4.98. The lowest BCUT2D eigenvalue weighted by atomic mass is 10.3. The highest BCUT2D eigenvalue weighted by molar-refractivity contribution is 7.12. The van der Waals surface area contributed by atoms with E-state index in [0.29, 0.717) is 0 Å². The van der Waals surface area contributed by atoms with Crippen molar-refractivity contribution in [2.75, 3.05) is 5.32 Å². The minimum absolute atomic E-state index is 0.00962. The minimum atomic E-state index is -0.788. The first-order valence-electron chi connectivity index (χ1n) is 7.21. The highest BCUT2D eigenvalue weighted by atomic mass is 32.1. The third-order valence-electron chi connectivity index (χ3n) is 3.29. The van der Waals surface area contributed by atoms with E-state index in [2.05, 4.69) is 5.32 Å². The fourth-order valence-corrected chi connectivity index (χ4v) is 2.83. The Morgan fingerprint density at radius 1 is 1.12 bits per heavy atom. The molecule has 9 heteroatoms. The molecule has 1 aromatic heterocycles. The molecule has 2 aromatic carbocycles. The fraction of sp³-hybridized carbons (Fsp3) is 0.